The summed E-state index contributed by atoms with van der Waals surface area (Å²) in [5.74, 6) is 0.897. The van der Waals surface area contributed by atoms with Crippen LogP contribution in [0.1, 0.15) is 38.6 Å². The van der Waals surface area contributed by atoms with Gasteiger partial charge in [-0.05, 0) is 51.3 Å². The highest BCUT2D eigenvalue weighted by atomic mass is 35.5. The number of ether oxygens (including phenoxy) is 2. The van der Waals surface area contributed by atoms with Gasteiger partial charge in [0.15, 0.2) is 10.8 Å². The highest BCUT2D eigenvalue weighted by Gasteiger charge is 2.30. The zero-order chi connectivity index (χ0) is 22.1. The molecule has 3 heterocycles. The summed E-state index contributed by atoms with van der Waals surface area (Å²) in [5, 5.41) is 4.59. The van der Waals surface area contributed by atoms with Crippen LogP contribution in [0, 0.1) is 19.8 Å². The molecule has 0 aliphatic rings. The number of nitrogens with two attached hydrogens (primary N) is 1. The number of hydrogen-bond acceptors (Lipinski definition) is 6. The molecule has 0 saturated carbocycles. The fourth-order valence-corrected chi connectivity index (χ4v) is 3.76. The smallest absolute Gasteiger partial charge is 0.405 e. The summed E-state index contributed by atoms with van der Waals surface area (Å²) in [6.45, 7) is 9.81. The topological polar surface area (TPSA) is 105 Å². The SMILES string of the molecule is Cc1cn2nc(Cl)cc(-c3ccc(OC[C@](C)(CC(C)C)OC(N)=O)c(C)n3)c2n1. The van der Waals surface area contributed by atoms with Crippen LogP contribution in [0.15, 0.2) is 24.4 Å². The van der Waals surface area contributed by atoms with E-state index in [1.807, 2.05) is 52.9 Å². The molecule has 1 atom stereocenters. The largest absolute Gasteiger partial charge is 0.488 e. The summed E-state index contributed by atoms with van der Waals surface area (Å²) >= 11 is 6.17. The van der Waals surface area contributed by atoms with Gasteiger partial charge in [-0.2, -0.15) is 5.10 Å². The molecule has 0 radical (unpaired) electrons. The van der Waals surface area contributed by atoms with Crippen LogP contribution in [0.4, 0.5) is 4.79 Å². The standard InChI is InChI=1S/C21H26ClN5O3/c1-12(2)9-21(5,30-20(23)28)11-29-17-7-6-16(25-14(17)4)15-8-18(22)26-27-10-13(3)24-19(15)27/h6-8,10,12H,9,11H2,1-5H3,(H2,23,28)/t21-/m0/s1. The van der Waals surface area contributed by atoms with Crippen molar-refractivity contribution >= 4 is 23.3 Å². The van der Waals surface area contributed by atoms with Crippen LogP contribution in [0.25, 0.3) is 16.9 Å². The van der Waals surface area contributed by atoms with Crippen molar-refractivity contribution in [3.05, 3.63) is 40.9 Å². The summed E-state index contributed by atoms with van der Waals surface area (Å²) in [7, 11) is 0. The Kier molecular flexibility index (Phi) is 6.17. The minimum Gasteiger partial charge on any atom is -0.488 e. The summed E-state index contributed by atoms with van der Waals surface area (Å²) in [6.07, 6.45) is 1.61. The Morgan fingerprint density at radius 2 is 2.03 bits per heavy atom. The fraction of sp³-hybridized carbons (Fsp3) is 0.429. The van der Waals surface area contributed by atoms with Crippen molar-refractivity contribution in [2.24, 2.45) is 11.7 Å². The fourth-order valence-electron chi connectivity index (χ4n) is 3.57. The van der Waals surface area contributed by atoms with Gasteiger partial charge in [0.2, 0.25) is 0 Å². The number of carbonyl (C=O) groups is 1. The maximum absolute atomic E-state index is 11.3. The molecule has 0 saturated heterocycles. The second-order valence-corrected chi connectivity index (χ2v) is 8.46. The first kappa shape index (κ1) is 21.8. The first-order valence-corrected chi connectivity index (χ1v) is 10.1. The lowest BCUT2D eigenvalue weighted by molar-refractivity contribution is -0.0188. The number of pyridine rings is 1. The van der Waals surface area contributed by atoms with Crippen molar-refractivity contribution in [2.75, 3.05) is 6.61 Å². The van der Waals surface area contributed by atoms with E-state index >= 15 is 0 Å². The third-order valence-electron chi connectivity index (χ3n) is 4.55. The Labute approximate surface area is 180 Å². The van der Waals surface area contributed by atoms with E-state index in [9.17, 15) is 4.79 Å². The lowest BCUT2D eigenvalue weighted by atomic mass is 9.95. The number of amides is 1. The van der Waals surface area contributed by atoms with Gasteiger partial charge in [-0.25, -0.2) is 19.3 Å². The number of carbonyl (C=O) groups excluding carboxylic acids is 1. The number of aromatic nitrogens is 4. The molecule has 0 aliphatic heterocycles. The molecule has 0 bridgehead atoms. The zero-order valence-electron chi connectivity index (χ0n) is 17.8. The summed E-state index contributed by atoms with van der Waals surface area (Å²) in [5.41, 5.74) is 8.10. The number of primary amides is 1. The molecular weight excluding hydrogens is 406 g/mol. The predicted octanol–water partition coefficient (Wildman–Crippen LogP) is 4.34. The van der Waals surface area contributed by atoms with E-state index in [-0.39, 0.29) is 6.61 Å². The Balaban J connectivity index is 1.86. The van der Waals surface area contributed by atoms with Crippen molar-refractivity contribution < 1.29 is 14.3 Å². The maximum Gasteiger partial charge on any atom is 0.405 e. The number of nitrogens with zero attached hydrogens (tertiary/aromatic N) is 4. The van der Waals surface area contributed by atoms with Crippen LogP contribution in [0.3, 0.4) is 0 Å². The van der Waals surface area contributed by atoms with Crippen LogP contribution in [-0.2, 0) is 4.74 Å². The molecule has 1 amide bonds. The van der Waals surface area contributed by atoms with Crippen LogP contribution >= 0.6 is 11.6 Å². The van der Waals surface area contributed by atoms with E-state index in [0.717, 1.165) is 11.3 Å². The second kappa shape index (κ2) is 8.47. The van der Waals surface area contributed by atoms with E-state index in [2.05, 4.69) is 15.1 Å². The van der Waals surface area contributed by atoms with E-state index in [4.69, 9.17) is 26.8 Å². The molecule has 2 N–H and O–H groups in total. The summed E-state index contributed by atoms with van der Waals surface area (Å²) in [6, 6.07) is 5.41. The lowest BCUT2D eigenvalue weighted by Gasteiger charge is -2.30. The number of imidazole rings is 1. The number of aryl methyl sites for hydroxylation is 2. The number of hydrogen-bond donors (Lipinski definition) is 1. The molecule has 0 fully saturated rings. The Hall–Kier alpha value is -2.87. The van der Waals surface area contributed by atoms with Gasteiger partial charge in [0.25, 0.3) is 0 Å². The summed E-state index contributed by atoms with van der Waals surface area (Å²) in [4.78, 5) is 20.5. The van der Waals surface area contributed by atoms with Gasteiger partial charge in [-0.3, -0.25) is 0 Å². The van der Waals surface area contributed by atoms with Gasteiger partial charge >= 0.3 is 6.09 Å². The molecule has 3 rings (SSSR count). The third kappa shape index (κ3) is 4.99. The second-order valence-electron chi connectivity index (χ2n) is 8.07. The van der Waals surface area contributed by atoms with Crippen LogP contribution in [0.5, 0.6) is 5.75 Å². The van der Waals surface area contributed by atoms with Crippen LogP contribution < -0.4 is 10.5 Å². The van der Waals surface area contributed by atoms with Crippen LogP contribution in [0.2, 0.25) is 5.15 Å². The molecule has 9 heteroatoms. The molecule has 0 unspecified atom stereocenters. The highest BCUT2D eigenvalue weighted by molar-refractivity contribution is 6.29. The number of halogens is 1. The molecule has 0 spiro atoms. The van der Waals surface area contributed by atoms with Crippen molar-refractivity contribution in [1.82, 2.24) is 19.6 Å². The van der Waals surface area contributed by atoms with Gasteiger partial charge in [-0.15, -0.1) is 0 Å². The summed E-state index contributed by atoms with van der Waals surface area (Å²) < 4.78 is 12.9. The molecule has 160 valence electrons. The van der Waals surface area contributed by atoms with Crippen molar-refractivity contribution in [1.29, 1.82) is 0 Å². The molecule has 0 aromatic carbocycles. The average molecular weight is 432 g/mol. The van der Waals surface area contributed by atoms with E-state index in [1.165, 1.54) is 0 Å². The van der Waals surface area contributed by atoms with Gasteiger partial charge in [-0.1, -0.05) is 25.4 Å². The molecule has 3 aromatic heterocycles. The number of fused-ring (bicyclic) bond motifs is 1. The monoisotopic (exact) mass is 431 g/mol. The van der Waals surface area contributed by atoms with E-state index in [0.29, 0.717) is 40.3 Å². The van der Waals surface area contributed by atoms with Gasteiger partial charge in [0.1, 0.15) is 18.0 Å². The third-order valence-corrected chi connectivity index (χ3v) is 4.73. The maximum atomic E-state index is 11.3. The quantitative estimate of drug-likeness (QED) is 0.596. The minimum atomic E-state index is -0.830. The molecule has 0 aliphatic carbocycles. The minimum absolute atomic E-state index is 0.167. The Morgan fingerprint density at radius 3 is 2.67 bits per heavy atom. The normalized spacial score (nSPS) is 13.4. The molecule has 3 aromatic rings. The lowest BCUT2D eigenvalue weighted by Crippen LogP contribution is -2.41. The Morgan fingerprint density at radius 1 is 1.30 bits per heavy atom. The van der Waals surface area contributed by atoms with Crippen molar-refractivity contribution in [2.45, 2.75) is 46.6 Å². The van der Waals surface area contributed by atoms with Crippen molar-refractivity contribution in [3.8, 4) is 17.0 Å². The van der Waals surface area contributed by atoms with Gasteiger partial charge in [0.05, 0.1) is 23.3 Å². The molecule has 30 heavy (non-hydrogen) atoms. The number of rotatable bonds is 7. The predicted molar refractivity (Wildman–Crippen MR) is 115 cm³/mol. The molecule has 8 nitrogen and oxygen atoms in total. The average Bonchev–Trinajstić information content (AvgIpc) is 2.98. The van der Waals surface area contributed by atoms with Gasteiger partial charge in [0, 0.05) is 5.56 Å². The first-order valence-electron chi connectivity index (χ1n) is 9.68. The van der Waals surface area contributed by atoms with Crippen molar-refractivity contribution in [3.63, 3.8) is 0 Å². The van der Waals surface area contributed by atoms with E-state index < -0.39 is 11.7 Å². The zero-order valence-corrected chi connectivity index (χ0v) is 18.5. The Bertz CT molecular complexity index is 1080. The molecular formula is C21H26ClN5O3. The van der Waals surface area contributed by atoms with Crippen LogP contribution in [-0.4, -0.2) is 37.9 Å². The highest BCUT2D eigenvalue weighted by Crippen LogP contribution is 2.29. The first-order chi connectivity index (χ1) is 14.1. The van der Waals surface area contributed by atoms with E-state index in [1.54, 1.807) is 10.6 Å². The van der Waals surface area contributed by atoms with Gasteiger partial charge < -0.3 is 15.2 Å².